The van der Waals surface area contributed by atoms with Crippen LogP contribution < -0.4 is 0 Å². The fourth-order valence-electron chi connectivity index (χ4n) is 3.34. The molecule has 0 aromatic carbocycles. The fourth-order valence-corrected chi connectivity index (χ4v) is 3.34. The van der Waals surface area contributed by atoms with Crippen molar-refractivity contribution in [3.8, 4) is 0 Å². The Labute approximate surface area is 149 Å². The largest absolute Gasteiger partial charge is 0.481 e. The van der Waals surface area contributed by atoms with Crippen molar-refractivity contribution in [3.05, 3.63) is 35.3 Å². The van der Waals surface area contributed by atoms with E-state index in [1.807, 2.05) is 12.1 Å². The van der Waals surface area contributed by atoms with Crippen LogP contribution in [-0.2, 0) is 17.6 Å². The lowest BCUT2D eigenvalue weighted by molar-refractivity contribution is -0.137. The Morgan fingerprint density at radius 3 is 2.88 bits per heavy atom. The normalized spacial score (nSPS) is 20.9. The summed E-state index contributed by atoms with van der Waals surface area (Å²) in [4.78, 5) is 10.5. The number of carbonyl (C=O) groups is 1. The third-order valence-corrected chi connectivity index (χ3v) is 4.77. The standard InChI is InChI=1S/C20H30O5/c1-2-3-4-7-14(21)10-11-16-17-12-15(8-5-6-9-20(23)24)25-19(17)13-18(16)22/h10-12,14,16,18,21-22H,2-9,13H2,1H3,(H,23,24)/t14-,16+,18+/m0/s1. The number of aryl methyl sites for hydroxylation is 1. The molecule has 0 fully saturated rings. The summed E-state index contributed by atoms with van der Waals surface area (Å²) in [6.45, 7) is 2.14. The van der Waals surface area contributed by atoms with Crippen LogP contribution >= 0.6 is 0 Å². The number of fused-ring (bicyclic) bond motifs is 1. The molecule has 0 bridgehead atoms. The number of aliphatic carboxylic acids is 1. The van der Waals surface area contributed by atoms with Gasteiger partial charge >= 0.3 is 5.97 Å². The Kier molecular flexibility index (Phi) is 7.72. The molecule has 0 saturated heterocycles. The summed E-state index contributed by atoms with van der Waals surface area (Å²) >= 11 is 0. The van der Waals surface area contributed by atoms with Gasteiger partial charge in [-0.1, -0.05) is 38.3 Å². The van der Waals surface area contributed by atoms with Crippen molar-refractivity contribution in [1.82, 2.24) is 0 Å². The summed E-state index contributed by atoms with van der Waals surface area (Å²) in [5.41, 5.74) is 0.998. The molecule has 0 aliphatic heterocycles. The molecule has 3 atom stereocenters. The Morgan fingerprint density at radius 1 is 1.36 bits per heavy atom. The van der Waals surface area contributed by atoms with Crippen LogP contribution in [0.15, 0.2) is 22.6 Å². The predicted molar refractivity (Wildman–Crippen MR) is 95.6 cm³/mol. The molecule has 25 heavy (non-hydrogen) atoms. The highest BCUT2D eigenvalue weighted by Crippen LogP contribution is 2.37. The Morgan fingerprint density at radius 2 is 2.16 bits per heavy atom. The number of rotatable bonds is 11. The molecule has 5 heteroatoms. The molecular weight excluding hydrogens is 320 g/mol. The van der Waals surface area contributed by atoms with Crippen LogP contribution in [0.3, 0.4) is 0 Å². The van der Waals surface area contributed by atoms with Crippen LogP contribution in [0, 0.1) is 0 Å². The maximum absolute atomic E-state index is 10.5. The molecule has 0 saturated carbocycles. The van der Waals surface area contributed by atoms with Gasteiger partial charge in [0.05, 0.1) is 12.2 Å². The first-order chi connectivity index (χ1) is 12.0. The third-order valence-electron chi connectivity index (χ3n) is 4.77. The van der Waals surface area contributed by atoms with E-state index in [1.54, 1.807) is 6.08 Å². The highest BCUT2D eigenvalue weighted by Gasteiger charge is 2.33. The number of unbranched alkanes of at least 4 members (excludes halogenated alkanes) is 3. The van der Waals surface area contributed by atoms with Gasteiger partial charge in [-0.2, -0.15) is 0 Å². The quantitative estimate of drug-likeness (QED) is 0.419. The van der Waals surface area contributed by atoms with Gasteiger partial charge in [-0.05, 0) is 25.3 Å². The van der Waals surface area contributed by atoms with Gasteiger partial charge in [0.1, 0.15) is 11.5 Å². The Balaban J connectivity index is 1.89. The lowest BCUT2D eigenvalue weighted by atomic mass is 9.98. The van der Waals surface area contributed by atoms with E-state index < -0.39 is 18.2 Å². The first-order valence-corrected chi connectivity index (χ1v) is 9.39. The van der Waals surface area contributed by atoms with E-state index in [2.05, 4.69) is 6.92 Å². The zero-order valence-electron chi connectivity index (χ0n) is 15.0. The second-order valence-electron chi connectivity index (χ2n) is 6.94. The van der Waals surface area contributed by atoms with Gasteiger partial charge in [-0.3, -0.25) is 4.79 Å². The number of carboxylic acid groups (broad SMARTS) is 1. The SMILES string of the molecule is CCCCC[C@H](O)C=C[C@@H]1c2cc(CCCCC(=O)O)oc2C[C@H]1O. The monoisotopic (exact) mass is 350 g/mol. The van der Waals surface area contributed by atoms with Crippen LogP contribution in [0.2, 0.25) is 0 Å². The third kappa shape index (κ3) is 6.01. The molecule has 1 aliphatic carbocycles. The number of hydrogen-bond donors (Lipinski definition) is 3. The molecule has 1 aromatic rings. The first-order valence-electron chi connectivity index (χ1n) is 9.39. The van der Waals surface area contributed by atoms with Gasteiger partial charge in [0.15, 0.2) is 0 Å². The second-order valence-corrected chi connectivity index (χ2v) is 6.94. The van der Waals surface area contributed by atoms with E-state index in [1.165, 1.54) is 0 Å². The average Bonchev–Trinajstić information content (AvgIpc) is 3.06. The van der Waals surface area contributed by atoms with E-state index in [0.29, 0.717) is 19.3 Å². The minimum atomic E-state index is -0.771. The second kappa shape index (κ2) is 9.78. The maximum atomic E-state index is 10.5. The van der Waals surface area contributed by atoms with Gasteiger partial charge < -0.3 is 19.7 Å². The van der Waals surface area contributed by atoms with Crippen LogP contribution in [0.25, 0.3) is 0 Å². The summed E-state index contributed by atoms with van der Waals surface area (Å²) < 4.78 is 5.82. The summed E-state index contributed by atoms with van der Waals surface area (Å²) in [6, 6.07) is 1.98. The van der Waals surface area contributed by atoms with E-state index >= 15 is 0 Å². The van der Waals surface area contributed by atoms with Crippen molar-refractivity contribution in [2.24, 2.45) is 0 Å². The predicted octanol–water partition coefficient (Wildman–Crippen LogP) is 3.58. The number of furan rings is 1. The molecule has 1 heterocycles. The van der Waals surface area contributed by atoms with Gasteiger partial charge in [0.25, 0.3) is 0 Å². The molecule has 0 spiro atoms. The highest BCUT2D eigenvalue weighted by molar-refractivity contribution is 5.66. The van der Waals surface area contributed by atoms with Crippen molar-refractivity contribution >= 4 is 5.97 Å². The fraction of sp³-hybridized carbons (Fsp3) is 0.650. The lowest BCUT2D eigenvalue weighted by Gasteiger charge is -2.11. The molecule has 2 rings (SSSR count). The van der Waals surface area contributed by atoms with Crippen LogP contribution in [0.4, 0.5) is 0 Å². The summed E-state index contributed by atoms with van der Waals surface area (Å²) in [6.07, 6.45) is 9.52. The molecule has 3 N–H and O–H groups in total. The molecule has 1 aliphatic rings. The Hall–Kier alpha value is -1.59. The van der Waals surface area contributed by atoms with Crippen LogP contribution in [-0.4, -0.2) is 33.5 Å². The van der Waals surface area contributed by atoms with Crippen molar-refractivity contribution < 1.29 is 24.5 Å². The molecular formula is C20H30O5. The minimum Gasteiger partial charge on any atom is -0.481 e. The molecule has 0 amide bonds. The molecule has 0 unspecified atom stereocenters. The zero-order valence-corrected chi connectivity index (χ0v) is 15.0. The number of hydrogen-bond acceptors (Lipinski definition) is 4. The maximum Gasteiger partial charge on any atom is 0.303 e. The van der Waals surface area contributed by atoms with Crippen LogP contribution in [0.5, 0.6) is 0 Å². The highest BCUT2D eigenvalue weighted by atomic mass is 16.4. The van der Waals surface area contributed by atoms with E-state index in [9.17, 15) is 15.0 Å². The van der Waals surface area contributed by atoms with E-state index in [0.717, 1.165) is 49.2 Å². The van der Waals surface area contributed by atoms with Gasteiger partial charge in [-0.25, -0.2) is 0 Å². The lowest BCUT2D eigenvalue weighted by Crippen LogP contribution is -2.12. The van der Waals surface area contributed by atoms with Gasteiger partial charge in [-0.15, -0.1) is 0 Å². The number of aliphatic hydroxyl groups is 2. The van der Waals surface area contributed by atoms with Crippen molar-refractivity contribution in [2.45, 2.75) is 82.8 Å². The molecule has 1 aromatic heterocycles. The number of carboxylic acids is 1. The zero-order chi connectivity index (χ0) is 18.2. The van der Waals surface area contributed by atoms with Gasteiger partial charge in [0, 0.05) is 30.7 Å². The Bertz CT molecular complexity index is 575. The summed E-state index contributed by atoms with van der Waals surface area (Å²) in [5, 5.41) is 28.9. The van der Waals surface area contributed by atoms with Gasteiger partial charge in [0.2, 0.25) is 0 Å². The van der Waals surface area contributed by atoms with Crippen molar-refractivity contribution in [1.29, 1.82) is 0 Å². The van der Waals surface area contributed by atoms with Crippen molar-refractivity contribution in [2.75, 3.05) is 0 Å². The minimum absolute atomic E-state index is 0.132. The van der Waals surface area contributed by atoms with E-state index in [4.69, 9.17) is 9.52 Å². The summed E-state index contributed by atoms with van der Waals surface area (Å²) in [7, 11) is 0. The molecule has 5 nitrogen and oxygen atoms in total. The topological polar surface area (TPSA) is 90.9 Å². The number of aliphatic hydroxyl groups excluding tert-OH is 2. The summed E-state index contributed by atoms with van der Waals surface area (Å²) in [5.74, 6) is 0.764. The van der Waals surface area contributed by atoms with Crippen LogP contribution in [0.1, 0.15) is 74.9 Å². The molecule has 0 radical (unpaired) electrons. The van der Waals surface area contributed by atoms with E-state index in [-0.39, 0.29) is 12.3 Å². The first kappa shape index (κ1) is 19.7. The average molecular weight is 350 g/mol. The molecule has 140 valence electrons. The van der Waals surface area contributed by atoms with Crippen molar-refractivity contribution in [3.63, 3.8) is 0 Å². The smallest absolute Gasteiger partial charge is 0.303 e.